The van der Waals surface area contributed by atoms with Crippen molar-refractivity contribution in [1.82, 2.24) is 0 Å². The molecule has 2 unspecified atom stereocenters. The molecule has 31 heavy (non-hydrogen) atoms. The topological polar surface area (TPSA) is 27.7 Å². The van der Waals surface area contributed by atoms with Crippen LogP contribution in [0.3, 0.4) is 0 Å². The van der Waals surface area contributed by atoms with Gasteiger partial charge in [-0.3, -0.25) is 0 Å². The van der Waals surface area contributed by atoms with Crippen molar-refractivity contribution in [3.05, 3.63) is 59.7 Å². The lowest BCUT2D eigenvalue weighted by atomic mass is 9.89. The smallest absolute Gasteiger partial charge is 0.122 e. The third-order valence-electron chi connectivity index (χ3n) is 5.47. The van der Waals surface area contributed by atoms with Gasteiger partial charge in [0.25, 0.3) is 0 Å². The van der Waals surface area contributed by atoms with Crippen LogP contribution >= 0.6 is 0 Å². The van der Waals surface area contributed by atoms with Crippen LogP contribution in [0.5, 0.6) is 11.5 Å². The number of rotatable bonds is 14. The van der Waals surface area contributed by atoms with Gasteiger partial charge in [-0.15, -0.1) is 0 Å². The van der Waals surface area contributed by atoms with Gasteiger partial charge >= 0.3 is 0 Å². The average molecular weight is 427 g/mol. The van der Waals surface area contributed by atoms with Crippen LogP contribution in [0.15, 0.2) is 48.5 Å². The van der Waals surface area contributed by atoms with Crippen LogP contribution in [0.1, 0.15) is 77.3 Å². The molecule has 2 aromatic rings. The SMILES string of the molecule is CCOc1ccccc1C(COCC(CC(C)C)c1ccccc1OCC)CC(C)C. The van der Waals surface area contributed by atoms with E-state index in [2.05, 4.69) is 64.1 Å². The van der Waals surface area contributed by atoms with E-state index in [1.165, 1.54) is 11.1 Å². The first-order valence-electron chi connectivity index (χ1n) is 12.0. The Morgan fingerprint density at radius 2 is 1.00 bits per heavy atom. The highest BCUT2D eigenvalue weighted by atomic mass is 16.5. The molecule has 0 heterocycles. The molecule has 2 aromatic carbocycles. The van der Waals surface area contributed by atoms with Crippen molar-refractivity contribution >= 4 is 0 Å². The van der Waals surface area contributed by atoms with E-state index in [-0.39, 0.29) is 0 Å². The van der Waals surface area contributed by atoms with Gasteiger partial charge in [0.15, 0.2) is 0 Å². The number of benzene rings is 2. The van der Waals surface area contributed by atoms with Crippen molar-refractivity contribution in [2.75, 3.05) is 26.4 Å². The Bertz CT molecular complexity index is 690. The molecule has 0 aromatic heterocycles. The van der Waals surface area contributed by atoms with E-state index in [0.717, 1.165) is 24.3 Å². The van der Waals surface area contributed by atoms with E-state index in [1.807, 2.05) is 26.0 Å². The molecular formula is C28H42O3. The Hall–Kier alpha value is -2.00. The summed E-state index contributed by atoms with van der Waals surface area (Å²) in [6.07, 6.45) is 2.16. The maximum Gasteiger partial charge on any atom is 0.122 e. The van der Waals surface area contributed by atoms with Crippen molar-refractivity contribution in [2.24, 2.45) is 11.8 Å². The molecule has 0 N–H and O–H groups in total. The Labute approximate surface area is 190 Å². The summed E-state index contributed by atoms with van der Waals surface area (Å²) in [5.41, 5.74) is 2.52. The zero-order valence-corrected chi connectivity index (χ0v) is 20.4. The van der Waals surface area contributed by atoms with Gasteiger partial charge in [0.05, 0.1) is 26.4 Å². The van der Waals surface area contributed by atoms with Crippen LogP contribution in [-0.2, 0) is 4.74 Å². The fourth-order valence-electron chi connectivity index (χ4n) is 4.27. The lowest BCUT2D eigenvalue weighted by molar-refractivity contribution is 0.0952. The third kappa shape index (κ3) is 8.22. The molecule has 0 saturated heterocycles. The van der Waals surface area contributed by atoms with Gasteiger partial charge in [-0.05, 0) is 61.8 Å². The molecule has 0 aliphatic heterocycles. The van der Waals surface area contributed by atoms with Gasteiger partial charge in [0, 0.05) is 11.8 Å². The second-order valence-corrected chi connectivity index (χ2v) is 9.13. The summed E-state index contributed by atoms with van der Waals surface area (Å²) in [5.74, 6) is 3.80. The van der Waals surface area contributed by atoms with E-state index in [4.69, 9.17) is 14.2 Å². The van der Waals surface area contributed by atoms with Crippen LogP contribution in [0.4, 0.5) is 0 Å². The molecule has 0 radical (unpaired) electrons. The molecule has 0 amide bonds. The van der Waals surface area contributed by atoms with Crippen LogP contribution in [-0.4, -0.2) is 26.4 Å². The van der Waals surface area contributed by atoms with E-state index < -0.39 is 0 Å². The quantitative estimate of drug-likeness (QED) is 0.314. The molecule has 2 rings (SSSR count). The van der Waals surface area contributed by atoms with E-state index in [1.54, 1.807) is 0 Å². The average Bonchev–Trinajstić information content (AvgIpc) is 2.73. The summed E-state index contributed by atoms with van der Waals surface area (Å²) in [6.45, 7) is 15.9. The molecule has 0 spiro atoms. The summed E-state index contributed by atoms with van der Waals surface area (Å²) in [5, 5.41) is 0. The van der Waals surface area contributed by atoms with Gasteiger partial charge in [-0.1, -0.05) is 64.1 Å². The van der Waals surface area contributed by atoms with Crippen molar-refractivity contribution in [3.63, 3.8) is 0 Å². The van der Waals surface area contributed by atoms with Gasteiger partial charge in [0.1, 0.15) is 11.5 Å². The predicted octanol–water partition coefficient (Wildman–Crippen LogP) is 7.46. The summed E-state index contributed by atoms with van der Waals surface area (Å²) < 4.78 is 18.3. The van der Waals surface area contributed by atoms with Crippen LogP contribution < -0.4 is 9.47 Å². The number of hydrogen-bond acceptors (Lipinski definition) is 3. The Morgan fingerprint density at radius 1 is 0.613 bits per heavy atom. The van der Waals surface area contributed by atoms with E-state index in [9.17, 15) is 0 Å². The lowest BCUT2D eigenvalue weighted by Gasteiger charge is -2.25. The fourth-order valence-corrected chi connectivity index (χ4v) is 4.27. The van der Waals surface area contributed by atoms with E-state index in [0.29, 0.717) is 50.1 Å². The first-order valence-corrected chi connectivity index (χ1v) is 12.0. The summed E-state index contributed by atoms with van der Waals surface area (Å²) >= 11 is 0. The third-order valence-corrected chi connectivity index (χ3v) is 5.47. The maximum atomic E-state index is 6.42. The lowest BCUT2D eigenvalue weighted by Crippen LogP contribution is -2.17. The number of ether oxygens (including phenoxy) is 3. The van der Waals surface area contributed by atoms with Crippen molar-refractivity contribution in [1.29, 1.82) is 0 Å². The standard InChI is InChI=1S/C28H42O3/c1-7-30-27-15-11-9-13-25(27)23(17-21(3)4)19-29-20-24(18-22(5)6)26-14-10-12-16-28(26)31-8-2/h9-16,21-24H,7-8,17-20H2,1-6H3. The normalized spacial score (nSPS) is 13.4. The molecule has 0 aliphatic carbocycles. The molecule has 3 heteroatoms. The van der Waals surface area contributed by atoms with Gasteiger partial charge < -0.3 is 14.2 Å². The van der Waals surface area contributed by atoms with Crippen LogP contribution in [0.2, 0.25) is 0 Å². The van der Waals surface area contributed by atoms with Crippen molar-refractivity contribution in [2.45, 2.75) is 66.2 Å². The molecular weight excluding hydrogens is 384 g/mol. The molecule has 0 fully saturated rings. The van der Waals surface area contributed by atoms with Gasteiger partial charge in [0.2, 0.25) is 0 Å². The van der Waals surface area contributed by atoms with Gasteiger partial charge in [-0.2, -0.15) is 0 Å². The predicted molar refractivity (Wildman–Crippen MR) is 130 cm³/mol. The van der Waals surface area contributed by atoms with Gasteiger partial charge in [-0.25, -0.2) is 0 Å². The molecule has 172 valence electrons. The first-order chi connectivity index (χ1) is 15.0. The Kier molecular flexibility index (Phi) is 10.9. The number of para-hydroxylation sites is 2. The minimum absolute atomic E-state index is 0.324. The largest absolute Gasteiger partial charge is 0.494 e. The molecule has 2 atom stereocenters. The fraction of sp³-hybridized carbons (Fsp3) is 0.571. The highest BCUT2D eigenvalue weighted by molar-refractivity contribution is 5.37. The second-order valence-electron chi connectivity index (χ2n) is 9.13. The zero-order chi connectivity index (χ0) is 22.6. The zero-order valence-electron chi connectivity index (χ0n) is 20.4. The highest BCUT2D eigenvalue weighted by Gasteiger charge is 2.21. The monoisotopic (exact) mass is 426 g/mol. The van der Waals surface area contributed by atoms with Crippen LogP contribution in [0, 0.1) is 11.8 Å². The Morgan fingerprint density at radius 3 is 1.35 bits per heavy atom. The summed E-state index contributed by atoms with van der Waals surface area (Å²) in [6, 6.07) is 16.8. The molecule has 0 bridgehead atoms. The minimum atomic E-state index is 0.324. The highest BCUT2D eigenvalue weighted by Crippen LogP contribution is 2.34. The second kappa shape index (κ2) is 13.4. The van der Waals surface area contributed by atoms with Crippen molar-refractivity contribution < 1.29 is 14.2 Å². The Balaban J connectivity index is 2.16. The summed E-state index contributed by atoms with van der Waals surface area (Å²) in [7, 11) is 0. The maximum absolute atomic E-state index is 6.42. The summed E-state index contributed by atoms with van der Waals surface area (Å²) in [4.78, 5) is 0. The number of hydrogen-bond donors (Lipinski definition) is 0. The molecule has 0 saturated carbocycles. The van der Waals surface area contributed by atoms with Crippen molar-refractivity contribution in [3.8, 4) is 11.5 Å². The van der Waals surface area contributed by atoms with Crippen LogP contribution in [0.25, 0.3) is 0 Å². The van der Waals surface area contributed by atoms with E-state index >= 15 is 0 Å². The molecule has 0 aliphatic rings. The minimum Gasteiger partial charge on any atom is -0.494 e. The molecule has 3 nitrogen and oxygen atoms in total. The first kappa shape index (κ1) is 25.3.